The van der Waals surface area contributed by atoms with E-state index in [2.05, 4.69) is 0 Å². The quantitative estimate of drug-likeness (QED) is 0.407. The van der Waals surface area contributed by atoms with Gasteiger partial charge >= 0.3 is 0 Å². The fourth-order valence-corrected chi connectivity index (χ4v) is 5.66. The molecule has 2 aliphatic rings. The zero-order valence-electron chi connectivity index (χ0n) is 19.3. The van der Waals surface area contributed by atoms with Crippen LogP contribution in [0.25, 0.3) is 0 Å². The fraction of sp³-hybridized carbons (Fsp3) is 0.556. The van der Waals surface area contributed by atoms with E-state index in [1.807, 2.05) is 0 Å². The molecule has 0 radical (unpaired) electrons. The Morgan fingerprint density at radius 2 is 1.03 bits per heavy atom. The van der Waals surface area contributed by atoms with Crippen LogP contribution in [0.2, 0.25) is 0 Å². The number of benzene rings is 2. The summed E-state index contributed by atoms with van der Waals surface area (Å²) in [5.41, 5.74) is 1.20. The van der Waals surface area contributed by atoms with Crippen LogP contribution < -0.4 is 4.74 Å². The van der Waals surface area contributed by atoms with E-state index in [0.717, 1.165) is 25.7 Å². The molecular formula is C27H32F4O2. The topological polar surface area (TPSA) is 18.5 Å². The average molecular weight is 465 g/mol. The Morgan fingerprint density at radius 3 is 1.45 bits per heavy atom. The summed E-state index contributed by atoms with van der Waals surface area (Å²) >= 11 is 0. The minimum absolute atomic E-state index is 0.0215. The molecule has 0 N–H and O–H groups in total. The third-order valence-corrected chi connectivity index (χ3v) is 7.57. The van der Waals surface area contributed by atoms with Gasteiger partial charge in [0.2, 0.25) is 5.82 Å². The summed E-state index contributed by atoms with van der Waals surface area (Å²) in [7, 11) is 1.69. The average Bonchev–Trinajstić information content (AvgIpc) is 2.84. The van der Waals surface area contributed by atoms with Gasteiger partial charge in [0.05, 0.1) is 12.7 Å². The molecule has 6 heteroatoms. The second-order valence-electron chi connectivity index (χ2n) is 9.34. The molecule has 0 atom stereocenters. The van der Waals surface area contributed by atoms with E-state index in [0.29, 0.717) is 42.4 Å². The molecule has 0 spiro atoms. The maximum Gasteiger partial charge on any atom is 0.200 e. The first-order valence-corrected chi connectivity index (χ1v) is 12.1. The number of methoxy groups -OCH3 is 1. The number of hydrogen-bond acceptors (Lipinski definition) is 2. The summed E-state index contributed by atoms with van der Waals surface area (Å²) in [6.07, 6.45) is 5.91. The van der Waals surface area contributed by atoms with Crippen molar-refractivity contribution < 1.29 is 27.0 Å². The Morgan fingerprint density at radius 1 is 0.636 bits per heavy atom. The summed E-state index contributed by atoms with van der Waals surface area (Å²) in [6, 6.07) is 6.54. The Kier molecular flexibility index (Phi) is 7.62. The summed E-state index contributed by atoms with van der Waals surface area (Å²) in [6.45, 7) is 1.98. The van der Waals surface area contributed by atoms with Crippen LogP contribution in [0.4, 0.5) is 17.6 Å². The highest BCUT2D eigenvalue weighted by molar-refractivity contribution is 5.35. The lowest BCUT2D eigenvalue weighted by atomic mass is 9.75. The number of ether oxygens (including phenoxy) is 2. The van der Waals surface area contributed by atoms with E-state index in [1.54, 1.807) is 32.2 Å². The SMILES string of the molecule is CCOc1ccc(C2CCC(c3ccc(C4CCC(OC)CC4)c(F)c3F)CC2)c(F)c1F. The second kappa shape index (κ2) is 10.5. The third kappa shape index (κ3) is 4.91. The first kappa shape index (κ1) is 24.1. The van der Waals surface area contributed by atoms with Crippen LogP contribution in [0.3, 0.4) is 0 Å². The van der Waals surface area contributed by atoms with Gasteiger partial charge in [-0.3, -0.25) is 0 Å². The first-order chi connectivity index (χ1) is 15.9. The number of halogens is 4. The van der Waals surface area contributed by atoms with Gasteiger partial charge in [0.1, 0.15) is 0 Å². The molecule has 0 saturated heterocycles. The maximum absolute atomic E-state index is 15.1. The predicted octanol–water partition coefficient (Wildman–Crippen LogP) is 7.76. The van der Waals surface area contributed by atoms with Crippen LogP contribution in [0, 0.1) is 23.3 Å². The summed E-state index contributed by atoms with van der Waals surface area (Å²) in [5.74, 6) is -3.62. The van der Waals surface area contributed by atoms with Gasteiger partial charge in [0, 0.05) is 7.11 Å². The van der Waals surface area contributed by atoms with Crippen molar-refractivity contribution in [3.63, 3.8) is 0 Å². The molecule has 0 amide bonds. The van der Waals surface area contributed by atoms with Gasteiger partial charge in [0.15, 0.2) is 23.2 Å². The predicted molar refractivity (Wildman–Crippen MR) is 120 cm³/mol. The summed E-state index contributed by atoms with van der Waals surface area (Å²) in [5, 5.41) is 0. The minimum Gasteiger partial charge on any atom is -0.491 e. The highest BCUT2D eigenvalue weighted by Gasteiger charge is 2.31. The van der Waals surface area contributed by atoms with Crippen LogP contribution in [0.5, 0.6) is 5.75 Å². The molecule has 0 aliphatic heterocycles. The lowest BCUT2D eigenvalue weighted by molar-refractivity contribution is 0.0655. The molecule has 0 bridgehead atoms. The van der Waals surface area contributed by atoms with Crippen LogP contribution in [-0.2, 0) is 4.74 Å². The van der Waals surface area contributed by atoms with Crippen molar-refractivity contribution in [2.45, 2.75) is 82.1 Å². The highest BCUT2D eigenvalue weighted by atomic mass is 19.2. The maximum atomic E-state index is 15.1. The van der Waals surface area contributed by atoms with E-state index in [-0.39, 0.29) is 36.2 Å². The molecule has 33 heavy (non-hydrogen) atoms. The van der Waals surface area contributed by atoms with Gasteiger partial charge in [-0.25, -0.2) is 13.2 Å². The van der Waals surface area contributed by atoms with Crippen molar-refractivity contribution in [1.29, 1.82) is 0 Å². The first-order valence-electron chi connectivity index (χ1n) is 12.1. The van der Waals surface area contributed by atoms with Crippen molar-refractivity contribution in [2.24, 2.45) is 0 Å². The second-order valence-corrected chi connectivity index (χ2v) is 9.34. The zero-order chi connectivity index (χ0) is 23.5. The van der Waals surface area contributed by atoms with Gasteiger partial charge in [0.25, 0.3) is 0 Å². The smallest absolute Gasteiger partial charge is 0.200 e. The molecule has 2 aliphatic carbocycles. The van der Waals surface area contributed by atoms with Gasteiger partial charge < -0.3 is 9.47 Å². The largest absolute Gasteiger partial charge is 0.491 e. The zero-order valence-corrected chi connectivity index (χ0v) is 19.3. The lowest BCUT2D eigenvalue weighted by Crippen LogP contribution is -2.20. The van der Waals surface area contributed by atoms with Crippen molar-refractivity contribution in [3.8, 4) is 5.75 Å². The molecule has 0 unspecified atom stereocenters. The van der Waals surface area contributed by atoms with Crippen molar-refractivity contribution in [1.82, 2.24) is 0 Å². The Labute approximate surface area is 193 Å². The molecule has 2 saturated carbocycles. The summed E-state index contributed by atoms with van der Waals surface area (Å²) in [4.78, 5) is 0. The third-order valence-electron chi connectivity index (χ3n) is 7.57. The lowest BCUT2D eigenvalue weighted by Gasteiger charge is -2.31. The van der Waals surface area contributed by atoms with E-state index >= 15 is 8.78 Å². The van der Waals surface area contributed by atoms with Crippen LogP contribution in [0.15, 0.2) is 24.3 Å². The van der Waals surface area contributed by atoms with Crippen molar-refractivity contribution in [2.75, 3.05) is 13.7 Å². The van der Waals surface area contributed by atoms with Crippen LogP contribution in [-0.4, -0.2) is 19.8 Å². The standard InChI is InChI=1S/C27H32F4O2/c1-3-33-23-15-14-22(26(30)27(23)31)17-6-4-16(5-7-17)20-12-13-21(25(29)24(20)28)18-8-10-19(32-2)11-9-18/h12-19H,3-11H2,1-2H3. The Hall–Kier alpha value is -2.08. The normalized spacial score (nSPS) is 25.8. The Balaban J connectivity index is 1.44. The number of rotatable bonds is 6. The van der Waals surface area contributed by atoms with E-state index in [1.165, 1.54) is 6.07 Å². The number of hydrogen-bond donors (Lipinski definition) is 0. The molecular weight excluding hydrogens is 432 g/mol. The van der Waals surface area contributed by atoms with Crippen molar-refractivity contribution >= 4 is 0 Å². The van der Waals surface area contributed by atoms with E-state index < -0.39 is 23.3 Å². The molecule has 180 valence electrons. The monoisotopic (exact) mass is 464 g/mol. The van der Waals surface area contributed by atoms with E-state index in [4.69, 9.17) is 9.47 Å². The van der Waals surface area contributed by atoms with Gasteiger partial charge in [-0.2, -0.15) is 4.39 Å². The molecule has 2 nitrogen and oxygen atoms in total. The molecule has 2 aromatic rings. The molecule has 0 heterocycles. The van der Waals surface area contributed by atoms with Crippen LogP contribution in [0.1, 0.15) is 92.7 Å². The molecule has 2 aromatic carbocycles. The fourth-order valence-electron chi connectivity index (χ4n) is 5.66. The molecule has 4 rings (SSSR count). The molecule has 2 fully saturated rings. The minimum atomic E-state index is -0.959. The summed E-state index contributed by atoms with van der Waals surface area (Å²) < 4.78 is 69.5. The Bertz CT molecular complexity index is 961. The van der Waals surface area contributed by atoms with Gasteiger partial charge in [-0.05, 0) is 98.8 Å². The van der Waals surface area contributed by atoms with Crippen molar-refractivity contribution in [3.05, 3.63) is 64.2 Å². The molecule has 0 aromatic heterocycles. The highest BCUT2D eigenvalue weighted by Crippen LogP contribution is 2.44. The van der Waals surface area contributed by atoms with Gasteiger partial charge in [-0.1, -0.05) is 18.2 Å². The van der Waals surface area contributed by atoms with E-state index in [9.17, 15) is 8.78 Å². The van der Waals surface area contributed by atoms with Gasteiger partial charge in [-0.15, -0.1) is 0 Å². The van der Waals surface area contributed by atoms with Crippen LogP contribution >= 0.6 is 0 Å².